The van der Waals surface area contributed by atoms with Gasteiger partial charge >= 0.3 is 0 Å². The summed E-state index contributed by atoms with van der Waals surface area (Å²) in [7, 11) is 1.75. The fraction of sp³-hybridized carbons (Fsp3) is 0.333. The van der Waals surface area contributed by atoms with Crippen LogP contribution >= 0.6 is 11.6 Å². The average Bonchev–Trinajstić information content (AvgIpc) is 2.10. The van der Waals surface area contributed by atoms with Crippen molar-refractivity contribution >= 4 is 24.5 Å². The Morgan fingerprint density at radius 3 is 2.67 bits per heavy atom. The Labute approximate surface area is 78.4 Å². The Morgan fingerprint density at radius 2 is 2.17 bits per heavy atom. The molecule has 0 aromatic heterocycles. The number of rotatable bonds is 4. The maximum absolute atomic E-state index is 5.60. The van der Waals surface area contributed by atoms with Crippen LogP contribution in [0.3, 0.4) is 0 Å². The van der Waals surface area contributed by atoms with Gasteiger partial charge in [-0.05, 0) is 19.7 Å². The van der Waals surface area contributed by atoms with Gasteiger partial charge in [0, 0.05) is 19.7 Å². The Balaban J connectivity index is 4.08. The SMILES string of the molecule is C=N/C(Cl)=C\C=C(/C)CC=NC. The quantitative estimate of drug-likeness (QED) is 0.365. The normalized spacial score (nSPS) is 13.9. The van der Waals surface area contributed by atoms with Crippen LogP contribution in [0.25, 0.3) is 0 Å². The molecule has 0 N–H and O–H groups in total. The fourth-order valence-electron chi connectivity index (χ4n) is 0.567. The van der Waals surface area contributed by atoms with E-state index in [4.69, 9.17) is 11.6 Å². The van der Waals surface area contributed by atoms with Gasteiger partial charge in [-0.1, -0.05) is 23.3 Å². The van der Waals surface area contributed by atoms with Crippen molar-refractivity contribution in [2.24, 2.45) is 9.98 Å². The second kappa shape index (κ2) is 6.80. The number of hydrogen-bond acceptors (Lipinski definition) is 2. The summed E-state index contributed by atoms with van der Waals surface area (Å²) >= 11 is 5.60. The van der Waals surface area contributed by atoms with E-state index in [9.17, 15) is 0 Å². The highest BCUT2D eigenvalue weighted by Gasteiger charge is 1.84. The zero-order chi connectivity index (χ0) is 9.40. The molecular formula is C9H13ClN2. The highest BCUT2D eigenvalue weighted by atomic mass is 35.5. The van der Waals surface area contributed by atoms with Crippen LogP contribution in [0.1, 0.15) is 13.3 Å². The van der Waals surface area contributed by atoms with Gasteiger partial charge in [0.25, 0.3) is 0 Å². The molecule has 0 amide bonds. The highest BCUT2D eigenvalue weighted by Crippen LogP contribution is 2.04. The van der Waals surface area contributed by atoms with E-state index in [-0.39, 0.29) is 0 Å². The van der Waals surface area contributed by atoms with Crippen molar-refractivity contribution in [2.45, 2.75) is 13.3 Å². The molecule has 0 saturated carbocycles. The molecule has 0 spiro atoms. The molecule has 0 fully saturated rings. The predicted octanol–water partition coefficient (Wildman–Crippen LogP) is 2.80. The van der Waals surface area contributed by atoms with E-state index in [1.54, 1.807) is 13.1 Å². The zero-order valence-corrected chi connectivity index (χ0v) is 8.17. The summed E-state index contributed by atoms with van der Waals surface area (Å²) < 4.78 is 0. The van der Waals surface area contributed by atoms with Crippen molar-refractivity contribution in [1.82, 2.24) is 0 Å². The first-order valence-electron chi connectivity index (χ1n) is 3.61. The first kappa shape index (κ1) is 11.1. The lowest BCUT2D eigenvalue weighted by molar-refractivity contribution is 1.26. The summed E-state index contributed by atoms with van der Waals surface area (Å²) in [5.74, 6) is 0. The summed E-state index contributed by atoms with van der Waals surface area (Å²) in [5, 5.41) is 0.405. The first-order chi connectivity index (χ1) is 5.70. The van der Waals surface area contributed by atoms with Crippen LogP contribution in [0.4, 0.5) is 0 Å². The van der Waals surface area contributed by atoms with Crippen LogP contribution in [-0.4, -0.2) is 20.0 Å². The fourth-order valence-corrected chi connectivity index (χ4v) is 0.630. The van der Waals surface area contributed by atoms with Crippen molar-refractivity contribution in [1.29, 1.82) is 0 Å². The van der Waals surface area contributed by atoms with Gasteiger partial charge in [-0.25, -0.2) is 0 Å². The molecule has 0 aromatic rings. The summed E-state index contributed by atoms with van der Waals surface area (Å²) in [4.78, 5) is 7.41. The Kier molecular flexibility index (Phi) is 6.29. The molecule has 0 rings (SSSR count). The van der Waals surface area contributed by atoms with Crippen LogP contribution < -0.4 is 0 Å². The smallest absolute Gasteiger partial charge is 0.128 e. The Bertz CT molecular complexity index is 227. The van der Waals surface area contributed by atoms with Crippen molar-refractivity contribution < 1.29 is 0 Å². The molecule has 2 nitrogen and oxygen atoms in total. The van der Waals surface area contributed by atoms with Crippen molar-refractivity contribution in [3.8, 4) is 0 Å². The summed E-state index contributed by atoms with van der Waals surface area (Å²) in [5.41, 5.74) is 1.18. The summed E-state index contributed by atoms with van der Waals surface area (Å²) in [6.45, 7) is 5.30. The lowest BCUT2D eigenvalue weighted by Crippen LogP contribution is -1.77. The molecule has 0 aliphatic rings. The predicted molar refractivity (Wildman–Crippen MR) is 56.3 cm³/mol. The zero-order valence-electron chi connectivity index (χ0n) is 7.42. The lowest BCUT2D eigenvalue weighted by Gasteiger charge is -1.91. The average molecular weight is 185 g/mol. The number of allylic oxidation sites excluding steroid dienone is 3. The molecule has 0 aliphatic carbocycles. The van der Waals surface area contributed by atoms with Crippen LogP contribution in [0.2, 0.25) is 0 Å². The van der Waals surface area contributed by atoms with E-state index in [1.165, 1.54) is 5.57 Å². The van der Waals surface area contributed by atoms with E-state index in [0.717, 1.165) is 6.42 Å². The molecule has 0 unspecified atom stereocenters. The minimum atomic E-state index is 0.405. The molecule has 0 radical (unpaired) electrons. The highest BCUT2D eigenvalue weighted by molar-refractivity contribution is 6.29. The van der Waals surface area contributed by atoms with Crippen LogP contribution in [-0.2, 0) is 0 Å². The van der Waals surface area contributed by atoms with E-state index in [1.807, 2.05) is 19.2 Å². The second-order valence-electron chi connectivity index (χ2n) is 2.31. The van der Waals surface area contributed by atoms with Crippen molar-refractivity contribution in [2.75, 3.05) is 7.05 Å². The molecule has 0 saturated heterocycles. The molecule has 12 heavy (non-hydrogen) atoms. The molecule has 0 atom stereocenters. The standard InChI is InChI=1S/C9H13ClN2/c1-8(6-7-11-2)4-5-9(10)12-3/h4-5,7H,3,6H2,1-2H3/b8-4+,9-5-,11-7?. The van der Waals surface area contributed by atoms with E-state index in [0.29, 0.717) is 5.16 Å². The third-order valence-corrected chi connectivity index (χ3v) is 1.50. The first-order valence-corrected chi connectivity index (χ1v) is 3.98. The van der Waals surface area contributed by atoms with Gasteiger partial charge in [0.2, 0.25) is 0 Å². The summed E-state index contributed by atoms with van der Waals surface area (Å²) in [6.07, 6.45) is 6.30. The van der Waals surface area contributed by atoms with Crippen molar-refractivity contribution in [3.05, 3.63) is 22.9 Å². The van der Waals surface area contributed by atoms with E-state index >= 15 is 0 Å². The van der Waals surface area contributed by atoms with Gasteiger partial charge in [-0.2, -0.15) is 0 Å². The van der Waals surface area contributed by atoms with Gasteiger partial charge in [0.1, 0.15) is 5.16 Å². The van der Waals surface area contributed by atoms with Gasteiger partial charge < -0.3 is 4.99 Å². The maximum Gasteiger partial charge on any atom is 0.128 e. The monoisotopic (exact) mass is 184 g/mol. The minimum Gasteiger partial charge on any atom is -0.301 e. The molecular weight excluding hydrogens is 172 g/mol. The van der Waals surface area contributed by atoms with Crippen LogP contribution in [0.5, 0.6) is 0 Å². The number of hydrogen-bond donors (Lipinski definition) is 0. The molecule has 0 heterocycles. The molecule has 66 valence electrons. The van der Waals surface area contributed by atoms with E-state index < -0.39 is 0 Å². The topological polar surface area (TPSA) is 24.7 Å². The Hall–Kier alpha value is -0.890. The van der Waals surface area contributed by atoms with Gasteiger partial charge in [-0.3, -0.25) is 4.99 Å². The van der Waals surface area contributed by atoms with Crippen LogP contribution in [0.15, 0.2) is 32.9 Å². The van der Waals surface area contributed by atoms with E-state index in [2.05, 4.69) is 16.7 Å². The van der Waals surface area contributed by atoms with Gasteiger partial charge in [0.05, 0.1) is 0 Å². The third-order valence-electron chi connectivity index (χ3n) is 1.25. The molecule has 0 aliphatic heterocycles. The minimum absolute atomic E-state index is 0.405. The second-order valence-corrected chi connectivity index (χ2v) is 2.69. The maximum atomic E-state index is 5.60. The lowest BCUT2D eigenvalue weighted by atomic mass is 10.2. The Morgan fingerprint density at radius 1 is 1.50 bits per heavy atom. The van der Waals surface area contributed by atoms with Crippen LogP contribution in [0, 0.1) is 0 Å². The summed E-state index contributed by atoms with van der Waals surface area (Å²) in [6, 6.07) is 0. The van der Waals surface area contributed by atoms with Crippen molar-refractivity contribution in [3.63, 3.8) is 0 Å². The third kappa shape index (κ3) is 5.86. The molecule has 0 bridgehead atoms. The largest absolute Gasteiger partial charge is 0.301 e. The number of aliphatic imine (C=N–C) groups is 2. The van der Waals surface area contributed by atoms with Gasteiger partial charge in [-0.15, -0.1) is 0 Å². The number of nitrogens with zero attached hydrogens (tertiary/aromatic N) is 2. The van der Waals surface area contributed by atoms with Gasteiger partial charge in [0.15, 0.2) is 0 Å². The number of halogens is 1. The molecule has 3 heteroatoms. The molecule has 0 aromatic carbocycles.